The quantitative estimate of drug-likeness (QED) is 0.777. The largest absolute Gasteiger partial charge is 0.465 e. The predicted molar refractivity (Wildman–Crippen MR) is 67.1 cm³/mol. The molecule has 2 fully saturated rings. The summed E-state index contributed by atoms with van der Waals surface area (Å²) in [5.41, 5.74) is -0.317. The Balaban J connectivity index is 2.17. The lowest BCUT2D eigenvalue weighted by Gasteiger charge is -2.45. The summed E-state index contributed by atoms with van der Waals surface area (Å²) in [6.45, 7) is 7.80. The number of amides is 1. The molecular weight excluding hydrogens is 216 g/mol. The Morgan fingerprint density at radius 1 is 1.29 bits per heavy atom. The van der Waals surface area contributed by atoms with Crippen molar-refractivity contribution in [1.82, 2.24) is 10.2 Å². The molecule has 1 aliphatic heterocycles. The minimum Gasteiger partial charge on any atom is -0.465 e. The summed E-state index contributed by atoms with van der Waals surface area (Å²) in [5, 5.41) is 12.8. The molecule has 0 aromatic rings. The lowest BCUT2D eigenvalue weighted by molar-refractivity contribution is 0.0331. The summed E-state index contributed by atoms with van der Waals surface area (Å²) < 4.78 is 0. The summed E-state index contributed by atoms with van der Waals surface area (Å²) >= 11 is 0. The zero-order chi connectivity index (χ0) is 12.6. The molecule has 0 radical (unpaired) electrons. The number of rotatable bonds is 2. The van der Waals surface area contributed by atoms with E-state index in [9.17, 15) is 9.90 Å². The van der Waals surface area contributed by atoms with Crippen LogP contribution < -0.4 is 5.32 Å². The first-order chi connectivity index (χ1) is 7.91. The molecule has 0 aromatic carbocycles. The minimum atomic E-state index is -0.781. The third-order valence-corrected chi connectivity index (χ3v) is 3.99. The maximum Gasteiger partial charge on any atom is 0.408 e. The van der Waals surface area contributed by atoms with Crippen LogP contribution in [0.3, 0.4) is 0 Å². The van der Waals surface area contributed by atoms with Crippen molar-refractivity contribution in [2.24, 2.45) is 11.8 Å². The van der Waals surface area contributed by atoms with Gasteiger partial charge in [-0.2, -0.15) is 0 Å². The smallest absolute Gasteiger partial charge is 0.408 e. The predicted octanol–water partition coefficient (Wildman–Crippen LogP) is 2.15. The molecule has 0 aromatic heterocycles. The Morgan fingerprint density at radius 3 is 2.41 bits per heavy atom. The van der Waals surface area contributed by atoms with E-state index in [1.54, 1.807) is 4.90 Å². The minimum absolute atomic E-state index is 0.147. The van der Waals surface area contributed by atoms with Crippen LogP contribution in [0.15, 0.2) is 0 Å². The molecule has 2 rings (SSSR count). The van der Waals surface area contributed by atoms with Crippen LogP contribution in [0.5, 0.6) is 0 Å². The van der Waals surface area contributed by atoms with Crippen molar-refractivity contribution in [2.75, 3.05) is 13.1 Å². The van der Waals surface area contributed by atoms with E-state index in [-0.39, 0.29) is 11.6 Å². The Bertz CT molecular complexity index is 294. The van der Waals surface area contributed by atoms with Gasteiger partial charge in [-0.25, -0.2) is 4.79 Å². The highest BCUT2D eigenvalue weighted by Crippen LogP contribution is 2.43. The Hall–Kier alpha value is -0.770. The van der Waals surface area contributed by atoms with Crippen molar-refractivity contribution in [3.05, 3.63) is 0 Å². The lowest BCUT2D eigenvalue weighted by Crippen LogP contribution is -2.59. The van der Waals surface area contributed by atoms with Crippen LogP contribution in [-0.2, 0) is 0 Å². The second-order valence-corrected chi connectivity index (χ2v) is 6.38. The number of hydrogen-bond donors (Lipinski definition) is 2. The lowest BCUT2D eigenvalue weighted by atomic mass is 9.85. The third-order valence-electron chi connectivity index (χ3n) is 3.99. The summed E-state index contributed by atoms with van der Waals surface area (Å²) in [6.07, 6.45) is 2.92. The van der Waals surface area contributed by atoms with Gasteiger partial charge in [0.25, 0.3) is 0 Å². The van der Waals surface area contributed by atoms with Crippen LogP contribution in [0, 0.1) is 11.8 Å². The second kappa shape index (κ2) is 4.48. The number of piperidine rings is 1. The molecule has 2 unspecified atom stereocenters. The molecule has 17 heavy (non-hydrogen) atoms. The number of hydrogen-bond acceptors (Lipinski definition) is 2. The first-order valence-electron chi connectivity index (χ1n) is 6.64. The van der Waals surface area contributed by atoms with Gasteiger partial charge in [-0.1, -0.05) is 0 Å². The number of carboxylic acid groups (broad SMARTS) is 1. The highest BCUT2D eigenvalue weighted by molar-refractivity contribution is 5.66. The van der Waals surface area contributed by atoms with Crippen molar-refractivity contribution >= 4 is 6.09 Å². The zero-order valence-electron chi connectivity index (χ0n) is 11.1. The highest BCUT2D eigenvalue weighted by Gasteiger charge is 2.44. The summed E-state index contributed by atoms with van der Waals surface area (Å²) in [7, 11) is 0. The Labute approximate surface area is 103 Å². The summed E-state index contributed by atoms with van der Waals surface area (Å²) in [4.78, 5) is 13.2. The van der Waals surface area contributed by atoms with Crippen LogP contribution in [-0.4, -0.2) is 40.8 Å². The Morgan fingerprint density at radius 2 is 1.94 bits per heavy atom. The summed E-state index contributed by atoms with van der Waals surface area (Å²) in [6, 6.07) is 0.147. The molecule has 98 valence electrons. The number of carbonyl (C=O) groups is 1. The van der Waals surface area contributed by atoms with Gasteiger partial charge in [0.1, 0.15) is 0 Å². The molecule has 4 heteroatoms. The fourth-order valence-corrected chi connectivity index (χ4v) is 3.15. The molecule has 1 heterocycles. The molecule has 2 atom stereocenters. The maximum atomic E-state index is 11.5. The van der Waals surface area contributed by atoms with Crippen molar-refractivity contribution in [3.8, 4) is 0 Å². The molecule has 4 nitrogen and oxygen atoms in total. The normalized spacial score (nSPS) is 30.1. The third kappa shape index (κ3) is 2.73. The second-order valence-electron chi connectivity index (χ2n) is 6.38. The van der Waals surface area contributed by atoms with Crippen LogP contribution in [0.25, 0.3) is 0 Å². The number of nitrogens with one attached hydrogen (secondary N) is 1. The van der Waals surface area contributed by atoms with Gasteiger partial charge in [-0.15, -0.1) is 0 Å². The van der Waals surface area contributed by atoms with E-state index in [1.165, 1.54) is 12.8 Å². The first-order valence-corrected chi connectivity index (χ1v) is 6.64. The van der Waals surface area contributed by atoms with Gasteiger partial charge in [-0.3, -0.25) is 4.90 Å². The van der Waals surface area contributed by atoms with Crippen LogP contribution in [0.1, 0.15) is 40.0 Å². The molecule has 1 saturated carbocycles. The van der Waals surface area contributed by atoms with Crippen molar-refractivity contribution in [3.63, 3.8) is 0 Å². The van der Waals surface area contributed by atoms with Crippen molar-refractivity contribution < 1.29 is 9.90 Å². The Kier molecular flexibility index (Phi) is 3.34. The molecule has 1 aliphatic carbocycles. The van der Waals surface area contributed by atoms with Gasteiger partial charge in [-0.05, 0) is 58.4 Å². The van der Waals surface area contributed by atoms with E-state index in [0.29, 0.717) is 5.92 Å². The van der Waals surface area contributed by atoms with Gasteiger partial charge >= 0.3 is 6.09 Å². The van der Waals surface area contributed by atoms with Gasteiger partial charge < -0.3 is 10.4 Å². The van der Waals surface area contributed by atoms with E-state index in [2.05, 4.69) is 5.32 Å². The molecule has 1 amide bonds. The van der Waals surface area contributed by atoms with Gasteiger partial charge in [0.15, 0.2) is 0 Å². The van der Waals surface area contributed by atoms with Gasteiger partial charge in [0, 0.05) is 12.1 Å². The van der Waals surface area contributed by atoms with Gasteiger partial charge in [0.05, 0.1) is 6.04 Å². The molecule has 0 spiro atoms. The summed E-state index contributed by atoms with van der Waals surface area (Å²) in [5.74, 6) is 1.33. The van der Waals surface area contributed by atoms with E-state index in [0.717, 1.165) is 25.4 Å². The molecule has 1 saturated heterocycles. The first kappa shape index (κ1) is 12.7. The molecule has 2 aliphatic rings. The molecular formula is C13H24N2O2. The molecule has 0 bridgehead atoms. The average molecular weight is 240 g/mol. The van der Waals surface area contributed by atoms with Crippen molar-refractivity contribution in [1.29, 1.82) is 0 Å². The SMILES string of the molecule is CC(C)(C)N(C(=O)O)C1CNCCC1C1CC1. The van der Waals surface area contributed by atoms with Crippen LogP contribution >= 0.6 is 0 Å². The average Bonchev–Trinajstić information content (AvgIpc) is 2.99. The van der Waals surface area contributed by atoms with Crippen molar-refractivity contribution in [2.45, 2.75) is 51.6 Å². The van der Waals surface area contributed by atoms with Crippen LogP contribution in [0.4, 0.5) is 4.79 Å². The van der Waals surface area contributed by atoms with E-state index in [1.807, 2.05) is 20.8 Å². The topological polar surface area (TPSA) is 52.6 Å². The van der Waals surface area contributed by atoms with E-state index >= 15 is 0 Å². The van der Waals surface area contributed by atoms with Crippen LogP contribution in [0.2, 0.25) is 0 Å². The molecule has 2 N–H and O–H groups in total. The fraction of sp³-hybridized carbons (Fsp3) is 0.923. The standard InChI is InChI=1S/C13H24N2O2/c1-13(2,3)15(12(16)17)11-8-14-7-6-10(11)9-4-5-9/h9-11,14H,4-8H2,1-3H3,(H,16,17). The zero-order valence-corrected chi connectivity index (χ0v) is 11.1. The van der Waals surface area contributed by atoms with E-state index in [4.69, 9.17) is 0 Å². The highest BCUT2D eigenvalue weighted by atomic mass is 16.4. The monoisotopic (exact) mass is 240 g/mol. The van der Waals surface area contributed by atoms with E-state index < -0.39 is 6.09 Å². The van der Waals surface area contributed by atoms with Gasteiger partial charge in [0.2, 0.25) is 0 Å². The fourth-order valence-electron chi connectivity index (χ4n) is 3.15. The number of nitrogens with zero attached hydrogens (tertiary/aromatic N) is 1. The maximum absolute atomic E-state index is 11.5.